The van der Waals surface area contributed by atoms with Crippen LogP contribution in [0.3, 0.4) is 0 Å². The molecule has 0 spiro atoms. The molecule has 0 atom stereocenters. The number of nitrogens with zero attached hydrogens (tertiary/aromatic N) is 1. The number of piperidine rings is 1. The lowest BCUT2D eigenvalue weighted by Crippen LogP contribution is -2.34. The maximum Gasteiger partial charge on any atom is 0.0599 e. The molecule has 0 unspecified atom stereocenters. The van der Waals surface area contributed by atoms with Crippen molar-refractivity contribution < 1.29 is 14.2 Å². The lowest BCUT2D eigenvalue weighted by molar-refractivity contribution is 0.0238. The second-order valence-electron chi connectivity index (χ2n) is 5.41. The van der Waals surface area contributed by atoms with E-state index in [1.165, 1.54) is 0 Å². The zero-order chi connectivity index (χ0) is 15.2. The predicted octanol–water partition coefficient (Wildman–Crippen LogP) is 1.52. The average Bonchev–Trinajstić information content (AvgIpc) is 2.52. The molecule has 0 aliphatic carbocycles. The van der Waals surface area contributed by atoms with Crippen molar-refractivity contribution in [2.45, 2.75) is 39.2 Å². The van der Waals surface area contributed by atoms with Crippen LogP contribution >= 0.6 is 0 Å². The van der Waals surface area contributed by atoms with Gasteiger partial charge in [-0.15, -0.1) is 0 Å². The monoisotopic (exact) mass is 302 g/mol. The van der Waals surface area contributed by atoms with Gasteiger partial charge in [0.15, 0.2) is 0 Å². The Bertz CT molecular complexity index is 214. The van der Waals surface area contributed by atoms with E-state index in [4.69, 9.17) is 14.2 Å². The van der Waals surface area contributed by atoms with Crippen LogP contribution in [0.4, 0.5) is 0 Å². The van der Waals surface area contributed by atoms with Crippen LogP contribution in [0.25, 0.3) is 0 Å². The molecule has 0 saturated carbocycles. The van der Waals surface area contributed by atoms with Crippen LogP contribution in [-0.2, 0) is 14.2 Å². The highest BCUT2D eigenvalue weighted by molar-refractivity contribution is 4.68. The van der Waals surface area contributed by atoms with Gasteiger partial charge in [0.05, 0.1) is 19.3 Å². The van der Waals surface area contributed by atoms with Gasteiger partial charge in [-0.3, -0.25) is 4.90 Å². The van der Waals surface area contributed by atoms with E-state index >= 15 is 0 Å². The first-order valence-electron chi connectivity index (χ1n) is 8.57. The Hall–Kier alpha value is -0.200. The average molecular weight is 302 g/mol. The largest absolute Gasteiger partial charge is 0.380 e. The molecule has 1 N–H and O–H groups in total. The van der Waals surface area contributed by atoms with Gasteiger partial charge < -0.3 is 19.5 Å². The van der Waals surface area contributed by atoms with Gasteiger partial charge in [-0.25, -0.2) is 0 Å². The summed E-state index contributed by atoms with van der Waals surface area (Å²) in [7, 11) is 0. The summed E-state index contributed by atoms with van der Waals surface area (Å²) in [6.45, 7) is 13.3. The number of hydrogen-bond donors (Lipinski definition) is 1. The van der Waals surface area contributed by atoms with E-state index in [9.17, 15) is 0 Å². The summed E-state index contributed by atoms with van der Waals surface area (Å²) in [5.41, 5.74) is 0. The van der Waals surface area contributed by atoms with Crippen molar-refractivity contribution in [3.8, 4) is 0 Å². The molecule has 1 aliphatic heterocycles. The quantitative estimate of drug-likeness (QED) is 0.523. The predicted molar refractivity (Wildman–Crippen MR) is 85.9 cm³/mol. The maximum atomic E-state index is 5.96. The van der Waals surface area contributed by atoms with Gasteiger partial charge in [0.2, 0.25) is 0 Å². The summed E-state index contributed by atoms with van der Waals surface area (Å²) in [4.78, 5) is 2.41. The molecule has 0 aromatic heterocycles. The number of rotatable bonds is 13. The molecule has 1 fully saturated rings. The number of nitrogens with one attached hydrogen (secondary N) is 1. The summed E-state index contributed by atoms with van der Waals surface area (Å²) in [6.07, 6.45) is 3.85. The maximum absolute atomic E-state index is 5.96. The summed E-state index contributed by atoms with van der Waals surface area (Å²) >= 11 is 0. The van der Waals surface area contributed by atoms with Crippen molar-refractivity contribution in [3.05, 3.63) is 0 Å². The highest BCUT2D eigenvalue weighted by Crippen LogP contribution is 2.07. The first-order valence-corrected chi connectivity index (χ1v) is 8.57. The van der Waals surface area contributed by atoms with E-state index in [1.807, 2.05) is 13.8 Å². The zero-order valence-electron chi connectivity index (χ0n) is 13.9. The minimum atomic E-state index is 0.464. The van der Waals surface area contributed by atoms with E-state index in [0.29, 0.717) is 6.10 Å². The Balaban J connectivity index is 2.08. The smallest absolute Gasteiger partial charge is 0.0599 e. The van der Waals surface area contributed by atoms with E-state index in [2.05, 4.69) is 10.2 Å². The molecule has 0 amide bonds. The van der Waals surface area contributed by atoms with Crippen LogP contribution in [0.15, 0.2) is 0 Å². The number of ether oxygens (including phenoxy) is 3. The minimum absolute atomic E-state index is 0.464. The van der Waals surface area contributed by atoms with Crippen LogP contribution in [-0.4, -0.2) is 76.8 Å². The molecule has 126 valence electrons. The van der Waals surface area contributed by atoms with Crippen LogP contribution in [0, 0.1) is 0 Å². The molecule has 1 aliphatic rings. The molecule has 1 saturated heterocycles. The van der Waals surface area contributed by atoms with Crippen molar-refractivity contribution >= 4 is 0 Å². The Labute approximate surface area is 130 Å². The molecular weight excluding hydrogens is 268 g/mol. The summed E-state index contributed by atoms with van der Waals surface area (Å²) in [5.74, 6) is 0. The van der Waals surface area contributed by atoms with Gasteiger partial charge in [-0.1, -0.05) is 0 Å². The zero-order valence-corrected chi connectivity index (χ0v) is 13.9. The molecule has 21 heavy (non-hydrogen) atoms. The first kappa shape index (κ1) is 18.8. The minimum Gasteiger partial charge on any atom is -0.380 e. The third-order valence-electron chi connectivity index (χ3n) is 3.77. The van der Waals surface area contributed by atoms with Crippen LogP contribution in [0.1, 0.15) is 33.1 Å². The van der Waals surface area contributed by atoms with E-state index in [-0.39, 0.29) is 0 Å². The summed E-state index contributed by atoms with van der Waals surface area (Å²) in [6, 6.07) is 0. The van der Waals surface area contributed by atoms with Gasteiger partial charge in [0, 0.05) is 39.5 Å². The van der Waals surface area contributed by atoms with Crippen LogP contribution in [0.2, 0.25) is 0 Å². The molecule has 5 nitrogen and oxygen atoms in total. The van der Waals surface area contributed by atoms with Gasteiger partial charge in [0.25, 0.3) is 0 Å². The Morgan fingerprint density at radius 2 is 1.52 bits per heavy atom. The second kappa shape index (κ2) is 13.5. The molecule has 0 aromatic rings. The highest BCUT2D eigenvalue weighted by atomic mass is 16.5. The topological polar surface area (TPSA) is 43.0 Å². The van der Waals surface area contributed by atoms with E-state index < -0.39 is 0 Å². The van der Waals surface area contributed by atoms with Gasteiger partial charge >= 0.3 is 0 Å². The van der Waals surface area contributed by atoms with Crippen molar-refractivity contribution in [2.75, 3.05) is 65.8 Å². The molecule has 0 radical (unpaired) electrons. The van der Waals surface area contributed by atoms with Gasteiger partial charge in [0.1, 0.15) is 0 Å². The molecule has 5 heteroatoms. The fourth-order valence-electron chi connectivity index (χ4n) is 2.51. The Morgan fingerprint density at radius 3 is 2.10 bits per heavy atom. The fraction of sp³-hybridized carbons (Fsp3) is 1.00. The molecular formula is C16H34N2O3. The molecule has 1 rings (SSSR count). The Kier molecular flexibility index (Phi) is 12.1. The van der Waals surface area contributed by atoms with E-state index in [0.717, 1.165) is 85.0 Å². The lowest BCUT2D eigenvalue weighted by atomic mass is 10.1. The van der Waals surface area contributed by atoms with Crippen LogP contribution in [0.5, 0.6) is 0 Å². The standard InChI is InChI=1S/C16H34N2O3/c1-3-19-14-11-18(12-15-20-4-2)10-5-13-21-16-6-8-17-9-7-16/h16-17H,3-15H2,1-2H3. The van der Waals surface area contributed by atoms with E-state index in [1.54, 1.807) is 0 Å². The van der Waals surface area contributed by atoms with Gasteiger partial charge in [-0.05, 0) is 46.2 Å². The van der Waals surface area contributed by atoms with Crippen molar-refractivity contribution in [1.29, 1.82) is 0 Å². The van der Waals surface area contributed by atoms with Crippen molar-refractivity contribution in [1.82, 2.24) is 10.2 Å². The van der Waals surface area contributed by atoms with Gasteiger partial charge in [-0.2, -0.15) is 0 Å². The second-order valence-corrected chi connectivity index (χ2v) is 5.41. The molecule has 0 aromatic carbocycles. The normalized spacial score (nSPS) is 16.7. The third-order valence-corrected chi connectivity index (χ3v) is 3.77. The van der Waals surface area contributed by atoms with Crippen molar-refractivity contribution in [2.24, 2.45) is 0 Å². The first-order chi connectivity index (χ1) is 10.4. The SMILES string of the molecule is CCOCCN(CCCOC1CCNCC1)CCOCC. The molecule has 0 bridgehead atoms. The lowest BCUT2D eigenvalue weighted by Gasteiger charge is -2.25. The molecule has 1 heterocycles. The van der Waals surface area contributed by atoms with Crippen LogP contribution < -0.4 is 5.32 Å². The van der Waals surface area contributed by atoms with Crippen molar-refractivity contribution in [3.63, 3.8) is 0 Å². The number of hydrogen-bond acceptors (Lipinski definition) is 5. The Morgan fingerprint density at radius 1 is 0.905 bits per heavy atom. The fourth-order valence-corrected chi connectivity index (χ4v) is 2.51. The summed E-state index contributed by atoms with van der Waals surface area (Å²) in [5, 5.41) is 3.36. The third kappa shape index (κ3) is 10.2. The summed E-state index contributed by atoms with van der Waals surface area (Å²) < 4.78 is 16.9. The highest BCUT2D eigenvalue weighted by Gasteiger charge is 2.13.